The summed E-state index contributed by atoms with van der Waals surface area (Å²) in [4.78, 5) is 16.5. The first-order valence-corrected chi connectivity index (χ1v) is 8.99. The van der Waals surface area contributed by atoms with Gasteiger partial charge in [-0.2, -0.15) is 0 Å². The number of anilines is 3. The number of nitrogens with zero attached hydrogens (tertiary/aromatic N) is 1. The standard InChI is InChI=1S/C22H23N3O4/c1-27-17-7-4-15(5-8-17)12-22(26)25-21-11-6-16(14-23-21)24-19-13-18(28-2)9-10-20(19)29-3/h4-11,13-14,24H,12H2,1-3H3,(H,23,25,26). The molecule has 0 unspecified atom stereocenters. The highest BCUT2D eigenvalue weighted by atomic mass is 16.5. The number of benzene rings is 2. The van der Waals surface area contributed by atoms with Crippen LogP contribution in [0.5, 0.6) is 17.2 Å². The zero-order valence-corrected chi connectivity index (χ0v) is 16.6. The number of nitrogens with one attached hydrogen (secondary N) is 2. The van der Waals surface area contributed by atoms with Crippen LogP contribution in [-0.4, -0.2) is 32.2 Å². The zero-order valence-electron chi connectivity index (χ0n) is 16.6. The Bertz CT molecular complexity index is 957. The van der Waals surface area contributed by atoms with Gasteiger partial charge in [0.05, 0.1) is 45.3 Å². The molecule has 3 rings (SSSR count). The molecule has 0 aliphatic rings. The molecule has 0 spiro atoms. The van der Waals surface area contributed by atoms with E-state index in [4.69, 9.17) is 14.2 Å². The average molecular weight is 393 g/mol. The number of carbonyl (C=O) groups is 1. The van der Waals surface area contributed by atoms with Crippen LogP contribution in [-0.2, 0) is 11.2 Å². The summed E-state index contributed by atoms with van der Waals surface area (Å²) in [6.45, 7) is 0. The first-order chi connectivity index (χ1) is 14.1. The minimum absolute atomic E-state index is 0.141. The molecular formula is C22H23N3O4. The average Bonchev–Trinajstić information content (AvgIpc) is 2.75. The van der Waals surface area contributed by atoms with Crippen LogP contribution in [0.25, 0.3) is 0 Å². The van der Waals surface area contributed by atoms with Gasteiger partial charge in [-0.1, -0.05) is 12.1 Å². The van der Waals surface area contributed by atoms with E-state index in [0.29, 0.717) is 17.3 Å². The number of aromatic nitrogens is 1. The lowest BCUT2D eigenvalue weighted by Gasteiger charge is -2.13. The number of hydrogen-bond donors (Lipinski definition) is 2. The Balaban J connectivity index is 1.62. The first kappa shape index (κ1) is 20.0. The van der Waals surface area contributed by atoms with Gasteiger partial charge in [-0.3, -0.25) is 4.79 Å². The second-order valence-electron chi connectivity index (χ2n) is 6.20. The first-order valence-electron chi connectivity index (χ1n) is 8.99. The van der Waals surface area contributed by atoms with Gasteiger partial charge in [0.2, 0.25) is 5.91 Å². The minimum atomic E-state index is -0.141. The largest absolute Gasteiger partial charge is 0.497 e. The lowest BCUT2D eigenvalue weighted by molar-refractivity contribution is -0.115. The molecule has 1 amide bonds. The Hall–Kier alpha value is -3.74. The molecule has 0 fully saturated rings. The van der Waals surface area contributed by atoms with E-state index < -0.39 is 0 Å². The summed E-state index contributed by atoms with van der Waals surface area (Å²) in [5, 5.41) is 6.03. The molecule has 0 atom stereocenters. The van der Waals surface area contributed by atoms with Crippen LogP contribution >= 0.6 is 0 Å². The van der Waals surface area contributed by atoms with E-state index in [1.165, 1.54) is 0 Å². The Labute approximate surface area is 169 Å². The minimum Gasteiger partial charge on any atom is -0.497 e. The molecule has 0 radical (unpaired) electrons. The highest BCUT2D eigenvalue weighted by Crippen LogP contribution is 2.31. The summed E-state index contributed by atoms with van der Waals surface area (Å²) in [6, 6.07) is 16.4. The van der Waals surface area contributed by atoms with Gasteiger partial charge in [-0.05, 0) is 42.0 Å². The van der Waals surface area contributed by atoms with Crippen molar-refractivity contribution in [2.75, 3.05) is 32.0 Å². The molecule has 0 aliphatic heterocycles. The number of pyridine rings is 1. The molecule has 29 heavy (non-hydrogen) atoms. The third-order valence-electron chi connectivity index (χ3n) is 4.24. The third-order valence-corrected chi connectivity index (χ3v) is 4.24. The van der Waals surface area contributed by atoms with Crippen LogP contribution in [0.2, 0.25) is 0 Å². The van der Waals surface area contributed by atoms with Crippen molar-refractivity contribution >= 4 is 23.1 Å². The van der Waals surface area contributed by atoms with Crippen LogP contribution < -0.4 is 24.8 Å². The van der Waals surface area contributed by atoms with Gasteiger partial charge in [-0.15, -0.1) is 0 Å². The number of amides is 1. The molecule has 0 saturated heterocycles. The summed E-state index contributed by atoms with van der Waals surface area (Å²) in [5.41, 5.74) is 2.40. The Morgan fingerprint density at radius 1 is 0.897 bits per heavy atom. The lowest BCUT2D eigenvalue weighted by Crippen LogP contribution is -2.15. The van der Waals surface area contributed by atoms with E-state index in [-0.39, 0.29) is 12.3 Å². The molecule has 2 N–H and O–H groups in total. The van der Waals surface area contributed by atoms with Gasteiger partial charge in [0.15, 0.2) is 0 Å². The van der Waals surface area contributed by atoms with Crippen molar-refractivity contribution in [2.24, 2.45) is 0 Å². The fourth-order valence-corrected chi connectivity index (χ4v) is 2.72. The van der Waals surface area contributed by atoms with Crippen molar-refractivity contribution in [1.82, 2.24) is 4.98 Å². The summed E-state index contributed by atoms with van der Waals surface area (Å²) < 4.78 is 15.7. The number of hydrogen-bond acceptors (Lipinski definition) is 6. The molecule has 3 aromatic rings. The fraction of sp³-hybridized carbons (Fsp3) is 0.182. The molecule has 7 heteroatoms. The molecular weight excluding hydrogens is 370 g/mol. The van der Waals surface area contributed by atoms with Crippen molar-refractivity contribution < 1.29 is 19.0 Å². The van der Waals surface area contributed by atoms with Gasteiger partial charge in [0.25, 0.3) is 0 Å². The molecule has 1 aromatic heterocycles. The van der Waals surface area contributed by atoms with Gasteiger partial charge in [-0.25, -0.2) is 4.98 Å². The van der Waals surface area contributed by atoms with Crippen LogP contribution in [0.15, 0.2) is 60.8 Å². The van der Waals surface area contributed by atoms with Crippen molar-refractivity contribution in [3.63, 3.8) is 0 Å². The molecule has 0 bridgehead atoms. The summed E-state index contributed by atoms with van der Waals surface area (Å²) in [5.74, 6) is 2.49. The third kappa shape index (κ3) is 5.38. The van der Waals surface area contributed by atoms with Gasteiger partial charge in [0.1, 0.15) is 23.1 Å². The normalized spacial score (nSPS) is 10.2. The van der Waals surface area contributed by atoms with Crippen molar-refractivity contribution in [3.05, 3.63) is 66.4 Å². The van der Waals surface area contributed by atoms with Crippen LogP contribution in [0.3, 0.4) is 0 Å². The van der Waals surface area contributed by atoms with Crippen molar-refractivity contribution in [1.29, 1.82) is 0 Å². The predicted octanol–water partition coefficient (Wildman–Crippen LogP) is 4.03. The SMILES string of the molecule is COc1ccc(CC(=O)Nc2ccc(Nc3cc(OC)ccc3OC)cn2)cc1. The van der Waals surface area contributed by atoms with Gasteiger partial charge >= 0.3 is 0 Å². The molecule has 0 aliphatic carbocycles. The van der Waals surface area contributed by atoms with E-state index in [1.54, 1.807) is 33.6 Å². The highest BCUT2D eigenvalue weighted by molar-refractivity contribution is 5.91. The van der Waals surface area contributed by atoms with E-state index >= 15 is 0 Å². The maximum Gasteiger partial charge on any atom is 0.229 e. The topological polar surface area (TPSA) is 81.7 Å². The Kier molecular flexibility index (Phi) is 6.52. The molecule has 0 saturated carbocycles. The monoisotopic (exact) mass is 393 g/mol. The number of carbonyl (C=O) groups excluding carboxylic acids is 1. The van der Waals surface area contributed by atoms with Gasteiger partial charge in [0, 0.05) is 6.07 Å². The van der Waals surface area contributed by atoms with Crippen LogP contribution in [0.1, 0.15) is 5.56 Å². The maximum atomic E-state index is 12.2. The van der Waals surface area contributed by atoms with Crippen molar-refractivity contribution in [3.8, 4) is 17.2 Å². The van der Waals surface area contributed by atoms with E-state index in [2.05, 4.69) is 15.6 Å². The van der Waals surface area contributed by atoms with Crippen molar-refractivity contribution in [2.45, 2.75) is 6.42 Å². The van der Waals surface area contributed by atoms with Crippen LogP contribution in [0.4, 0.5) is 17.2 Å². The maximum absolute atomic E-state index is 12.2. The summed E-state index contributed by atoms with van der Waals surface area (Å²) >= 11 is 0. The molecule has 7 nitrogen and oxygen atoms in total. The second kappa shape index (κ2) is 9.45. The predicted molar refractivity (Wildman–Crippen MR) is 112 cm³/mol. The van der Waals surface area contributed by atoms with Gasteiger partial charge < -0.3 is 24.8 Å². The zero-order chi connectivity index (χ0) is 20.6. The van der Waals surface area contributed by atoms with Crippen LogP contribution in [0, 0.1) is 0 Å². The molecule has 150 valence electrons. The smallest absolute Gasteiger partial charge is 0.229 e. The Morgan fingerprint density at radius 2 is 1.62 bits per heavy atom. The highest BCUT2D eigenvalue weighted by Gasteiger charge is 2.08. The van der Waals surface area contributed by atoms with E-state index in [0.717, 1.165) is 22.7 Å². The number of rotatable bonds is 8. The molecule has 2 aromatic carbocycles. The number of methoxy groups -OCH3 is 3. The van der Waals surface area contributed by atoms with E-state index in [1.807, 2.05) is 48.5 Å². The number of ether oxygens (including phenoxy) is 3. The summed E-state index contributed by atoms with van der Waals surface area (Å²) in [6.07, 6.45) is 1.90. The lowest BCUT2D eigenvalue weighted by atomic mass is 10.1. The Morgan fingerprint density at radius 3 is 2.24 bits per heavy atom. The fourth-order valence-electron chi connectivity index (χ4n) is 2.72. The second-order valence-corrected chi connectivity index (χ2v) is 6.20. The summed E-state index contributed by atoms with van der Waals surface area (Å²) in [7, 11) is 4.82. The quantitative estimate of drug-likeness (QED) is 0.601. The van der Waals surface area contributed by atoms with E-state index in [9.17, 15) is 4.79 Å². The molecule has 1 heterocycles.